The number of aromatic nitrogens is 2. The van der Waals surface area contributed by atoms with Crippen LogP contribution in [-0.2, 0) is 14.3 Å². The van der Waals surface area contributed by atoms with Gasteiger partial charge in [0.1, 0.15) is 24.1 Å². The van der Waals surface area contributed by atoms with Crippen LogP contribution < -0.4 is 16.5 Å². The summed E-state index contributed by atoms with van der Waals surface area (Å²) >= 11 is 0. The molecular formula is C17H26N4O8. The van der Waals surface area contributed by atoms with Crippen molar-refractivity contribution >= 4 is 17.6 Å². The minimum absolute atomic E-state index is 0.0441. The molecule has 2 rings (SSSR count). The van der Waals surface area contributed by atoms with Crippen LogP contribution in [0.15, 0.2) is 17.1 Å². The second kappa shape index (κ2) is 11.0. The van der Waals surface area contributed by atoms with Gasteiger partial charge < -0.3 is 25.4 Å². The first kappa shape index (κ1) is 22.9. The molecule has 0 saturated carbocycles. The molecule has 1 fully saturated rings. The van der Waals surface area contributed by atoms with E-state index in [1.54, 1.807) is 5.48 Å². The highest BCUT2D eigenvalue weighted by molar-refractivity contribution is 5.89. The van der Waals surface area contributed by atoms with E-state index in [0.717, 1.165) is 17.4 Å². The zero-order valence-corrected chi connectivity index (χ0v) is 15.7. The third-order valence-electron chi connectivity index (χ3n) is 4.57. The van der Waals surface area contributed by atoms with Gasteiger partial charge in [0.05, 0.1) is 6.61 Å². The summed E-state index contributed by atoms with van der Waals surface area (Å²) in [6.45, 7) is -0.514. The number of hydrogen-bond donors (Lipinski definition) is 6. The quantitative estimate of drug-likeness (QED) is 0.153. The smallest absolute Gasteiger partial charge is 0.351 e. The van der Waals surface area contributed by atoms with Gasteiger partial charge in [0.2, 0.25) is 11.8 Å². The first-order chi connectivity index (χ1) is 13.9. The Morgan fingerprint density at radius 2 is 1.76 bits per heavy atom. The number of ether oxygens (including phenoxy) is 1. The summed E-state index contributed by atoms with van der Waals surface area (Å²) in [7, 11) is 0. The predicted molar refractivity (Wildman–Crippen MR) is 97.8 cm³/mol. The SMILES string of the molecule is O=C(CCCCCCC(=O)Nc1ccn(C2OC(CO)C(O)C2O)c(=O)n1)NO. The summed E-state index contributed by atoms with van der Waals surface area (Å²) in [5.74, 6) is -0.723. The van der Waals surface area contributed by atoms with E-state index in [9.17, 15) is 24.6 Å². The average Bonchev–Trinajstić information content (AvgIpc) is 2.98. The van der Waals surface area contributed by atoms with Gasteiger partial charge in [-0.3, -0.25) is 19.4 Å². The molecule has 12 heteroatoms. The Morgan fingerprint density at radius 1 is 1.10 bits per heavy atom. The number of unbranched alkanes of at least 4 members (excludes halogenated alkanes) is 3. The molecule has 4 atom stereocenters. The van der Waals surface area contributed by atoms with Crippen molar-refractivity contribution in [2.45, 2.75) is 63.1 Å². The maximum atomic E-state index is 12.2. The maximum Gasteiger partial charge on any atom is 0.351 e. The lowest BCUT2D eigenvalue weighted by Gasteiger charge is -2.17. The van der Waals surface area contributed by atoms with E-state index < -0.39 is 42.7 Å². The zero-order chi connectivity index (χ0) is 21.4. The third kappa shape index (κ3) is 6.30. The number of rotatable bonds is 10. The highest BCUT2D eigenvalue weighted by Crippen LogP contribution is 2.28. The first-order valence-electron chi connectivity index (χ1n) is 9.31. The lowest BCUT2D eigenvalue weighted by molar-refractivity contribution is -0.129. The van der Waals surface area contributed by atoms with Gasteiger partial charge in [-0.05, 0) is 18.9 Å². The van der Waals surface area contributed by atoms with Gasteiger partial charge in [-0.1, -0.05) is 12.8 Å². The van der Waals surface area contributed by atoms with Gasteiger partial charge >= 0.3 is 5.69 Å². The van der Waals surface area contributed by atoms with Crippen molar-refractivity contribution in [3.63, 3.8) is 0 Å². The Balaban J connectivity index is 1.81. The normalized spacial score (nSPS) is 23.7. The molecule has 1 saturated heterocycles. The molecule has 2 amide bonds. The van der Waals surface area contributed by atoms with Crippen LogP contribution >= 0.6 is 0 Å². The molecule has 1 aliphatic rings. The van der Waals surface area contributed by atoms with Crippen LogP contribution in [0.4, 0.5) is 5.82 Å². The van der Waals surface area contributed by atoms with E-state index >= 15 is 0 Å². The molecule has 0 bridgehead atoms. The molecule has 0 spiro atoms. The van der Waals surface area contributed by atoms with Gasteiger partial charge in [0.15, 0.2) is 6.23 Å². The number of hydroxylamine groups is 1. The lowest BCUT2D eigenvalue weighted by Crippen LogP contribution is -2.36. The molecule has 1 aliphatic heterocycles. The van der Waals surface area contributed by atoms with Gasteiger partial charge in [0.25, 0.3) is 0 Å². The minimum Gasteiger partial charge on any atom is -0.394 e. The van der Waals surface area contributed by atoms with E-state index in [2.05, 4.69) is 10.3 Å². The van der Waals surface area contributed by atoms with Crippen molar-refractivity contribution in [1.29, 1.82) is 0 Å². The second-order valence-electron chi connectivity index (χ2n) is 6.73. The fraction of sp³-hybridized carbons (Fsp3) is 0.647. The molecule has 2 heterocycles. The Bertz CT molecular complexity index is 755. The fourth-order valence-corrected chi connectivity index (χ4v) is 2.97. The molecule has 12 nitrogen and oxygen atoms in total. The number of aliphatic hydroxyl groups is 3. The van der Waals surface area contributed by atoms with Crippen LogP contribution in [0.2, 0.25) is 0 Å². The van der Waals surface area contributed by atoms with Crippen molar-refractivity contribution in [2.24, 2.45) is 0 Å². The molecule has 1 aromatic heterocycles. The zero-order valence-electron chi connectivity index (χ0n) is 15.7. The van der Waals surface area contributed by atoms with Crippen LogP contribution in [0, 0.1) is 0 Å². The largest absolute Gasteiger partial charge is 0.394 e. The number of nitrogens with zero attached hydrogens (tertiary/aromatic N) is 2. The van der Waals surface area contributed by atoms with Gasteiger partial charge in [0, 0.05) is 19.0 Å². The molecule has 0 radical (unpaired) electrons. The second-order valence-corrected chi connectivity index (χ2v) is 6.73. The average molecular weight is 414 g/mol. The van der Waals surface area contributed by atoms with Crippen LogP contribution in [0.3, 0.4) is 0 Å². The number of nitrogens with one attached hydrogen (secondary N) is 2. The van der Waals surface area contributed by atoms with Crippen LogP contribution in [0.5, 0.6) is 0 Å². The lowest BCUT2D eigenvalue weighted by atomic mass is 10.1. The number of amides is 2. The minimum atomic E-state index is -1.41. The standard InChI is InChI=1S/C17H26N4O8/c22-9-10-14(25)15(26)16(29-10)21-8-7-11(19-17(21)27)18-12(23)5-3-1-2-4-6-13(24)20-28/h7-8,10,14-16,22,25-26,28H,1-6,9H2,(H,20,24)(H,18,19,23,27). The maximum absolute atomic E-state index is 12.2. The summed E-state index contributed by atoms with van der Waals surface area (Å²) in [6.07, 6.45) is -0.585. The van der Waals surface area contributed by atoms with Gasteiger partial charge in [-0.15, -0.1) is 0 Å². The molecule has 1 aromatic rings. The number of anilines is 1. The Morgan fingerprint density at radius 3 is 2.31 bits per heavy atom. The Kier molecular flexibility index (Phi) is 8.67. The molecule has 4 unspecified atom stereocenters. The summed E-state index contributed by atoms with van der Waals surface area (Å²) in [4.78, 5) is 38.7. The Hall–Kier alpha value is -2.38. The van der Waals surface area contributed by atoms with Gasteiger partial charge in [-0.25, -0.2) is 10.3 Å². The topological polar surface area (TPSA) is 183 Å². The highest BCUT2D eigenvalue weighted by Gasteiger charge is 2.43. The van der Waals surface area contributed by atoms with Crippen molar-refractivity contribution in [3.8, 4) is 0 Å². The molecule has 29 heavy (non-hydrogen) atoms. The van der Waals surface area contributed by atoms with Crippen LogP contribution in [-0.4, -0.2) is 66.8 Å². The van der Waals surface area contributed by atoms with Gasteiger partial charge in [-0.2, -0.15) is 4.98 Å². The number of hydrogen-bond acceptors (Lipinski definition) is 9. The highest BCUT2D eigenvalue weighted by atomic mass is 16.6. The fourth-order valence-electron chi connectivity index (χ4n) is 2.97. The predicted octanol–water partition coefficient (Wildman–Crippen LogP) is -1.36. The van der Waals surface area contributed by atoms with E-state index in [1.165, 1.54) is 12.3 Å². The first-order valence-corrected chi connectivity index (χ1v) is 9.31. The van der Waals surface area contributed by atoms with Crippen molar-refractivity contribution < 1.29 is 34.9 Å². The summed E-state index contributed by atoms with van der Waals surface area (Å²) < 4.78 is 6.25. The monoisotopic (exact) mass is 414 g/mol. The molecule has 162 valence electrons. The van der Waals surface area contributed by atoms with Crippen LogP contribution in [0.1, 0.15) is 44.8 Å². The number of aliphatic hydroxyl groups excluding tert-OH is 3. The van der Waals surface area contributed by atoms with E-state index in [-0.39, 0.29) is 24.6 Å². The van der Waals surface area contributed by atoms with E-state index in [0.29, 0.717) is 12.8 Å². The summed E-state index contributed by atoms with van der Waals surface area (Å²) in [5.41, 5.74) is 0.763. The van der Waals surface area contributed by atoms with Crippen molar-refractivity contribution in [3.05, 3.63) is 22.7 Å². The molecular weight excluding hydrogens is 388 g/mol. The van der Waals surface area contributed by atoms with Crippen LogP contribution in [0.25, 0.3) is 0 Å². The summed E-state index contributed by atoms with van der Waals surface area (Å²) in [5, 5.41) is 39.7. The molecule has 0 aromatic carbocycles. The number of carbonyl (C=O) groups is 2. The van der Waals surface area contributed by atoms with Crippen molar-refractivity contribution in [1.82, 2.24) is 15.0 Å². The molecule has 6 N–H and O–H groups in total. The number of carbonyl (C=O) groups excluding carboxylic acids is 2. The third-order valence-corrected chi connectivity index (χ3v) is 4.57. The summed E-state index contributed by atoms with van der Waals surface area (Å²) in [6, 6.07) is 1.36. The van der Waals surface area contributed by atoms with Crippen molar-refractivity contribution in [2.75, 3.05) is 11.9 Å². The van der Waals surface area contributed by atoms with E-state index in [4.69, 9.17) is 15.1 Å². The molecule has 0 aliphatic carbocycles. The van der Waals surface area contributed by atoms with E-state index in [1.807, 2.05) is 0 Å². The Labute approximate surface area is 166 Å².